The summed E-state index contributed by atoms with van der Waals surface area (Å²) in [6.45, 7) is 7.17. The Hall–Kier alpha value is -0.920. The molecule has 1 heterocycles. The predicted octanol–water partition coefficient (Wildman–Crippen LogP) is 2.14. The van der Waals surface area contributed by atoms with Gasteiger partial charge < -0.3 is 10.1 Å². The van der Waals surface area contributed by atoms with Crippen LogP contribution in [0.1, 0.15) is 27.2 Å². The fourth-order valence-electron chi connectivity index (χ4n) is 2.32. The molecule has 0 saturated heterocycles. The number of nitrogens with two attached hydrogens (primary N) is 1. The molecule has 2 rings (SSSR count). The Kier molecular flexibility index (Phi) is 4.27. The largest absolute Gasteiger partial charge is 0.378 e. The Labute approximate surface area is 121 Å². The van der Waals surface area contributed by atoms with E-state index in [4.69, 9.17) is 10.6 Å². The molecule has 1 aliphatic rings. The summed E-state index contributed by atoms with van der Waals surface area (Å²) in [5.41, 5.74) is 2.53. The van der Waals surface area contributed by atoms with E-state index in [1.54, 1.807) is 6.20 Å². The van der Waals surface area contributed by atoms with Crippen LogP contribution < -0.4 is 16.6 Å². The third-order valence-electron chi connectivity index (χ3n) is 3.73. The Bertz CT molecular complexity index is 454. The van der Waals surface area contributed by atoms with Crippen molar-refractivity contribution in [1.82, 2.24) is 9.97 Å². The number of hydrazine groups is 1. The highest BCUT2D eigenvalue weighted by Crippen LogP contribution is 2.44. The number of anilines is 2. The maximum Gasteiger partial charge on any atom is 0.239 e. The second kappa shape index (κ2) is 5.60. The fourth-order valence-corrected chi connectivity index (χ4v) is 2.62. The summed E-state index contributed by atoms with van der Waals surface area (Å²) in [4.78, 5) is 8.33. The highest BCUT2D eigenvalue weighted by Gasteiger charge is 2.49. The van der Waals surface area contributed by atoms with Gasteiger partial charge in [0.25, 0.3) is 0 Å². The average molecular weight is 330 g/mol. The van der Waals surface area contributed by atoms with Crippen LogP contribution in [0.15, 0.2) is 10.7 Å². The molecular weight excluding hydrogens is 310 g/mol. The maximum atomic E-state index is 5.72. The Balaban J connectivity index is 2.07. The first-order valence-electron chi connectivity index (χ1n) is 6.36. The van der Waals surface area contributed by atoms with Crippen molar-refractivity contribution < 1.29 is 4.74 Å². The molecule has 1 aromatic heterocycles. The Morgan fingerprint density at radius 2 is 2.32 bits per heavy atom. The molecule has 4 N–H and O–H groups in total. The molecule has 0 bridgehead atoms. The molecular formula is C12H20BrN5O. The second-order valence-corrected chi connectivity index (χ2v) is 6.09. The van der Waals surface area contributed by atoms with E-state index in [1.807, 2.05) is 6.92 Å². The van der Waals surface area contributed by atoms with Gasteiger partial charge in [-0.25, -0.2) is 10.8 Å². The van der Waals surface area contributed by atoms with Gasteiger partial charge in [0, 0.05) is 24.3 Å². The van der Waals surface area contributed by atoms with Gasteiger partial charge in [-0.15, -0.1) is 0 Å². The van der Waals surface area contributed by atoms with Crippen molar-refractivity contribution in [3.05, 3.63) is 10.7 Å². The molecule has 0 amide bonds. The number of ether oxygens (including phenoxy) is 1. The summed E-state index contributed by atoms with van der Waals surface area (Å²) in [6, 6.07) is 0.320. The van der Waals surface area contributed by atoms with E-state index >= 15 is 0 Å². The average Bonchev–Trinajstić information content (AvgIpc) is 2.39. The number of nitrogen functional groups attached to an aromatic ring is 1. The van der Waals surface area contributed by atoms with Gasteiger partial charge in [-0.3, -0.25) is 5.43 Å². The number of nitrogens with zero attached hydrogens (tertiary/aromatic N) is 2. The van der Waals surface area contributed by atoms with Crippen molar-refractivity contribution in [3.63, 3.8) is 0 Å². The number of nitrogens with one attached hydrogen (secondary N) is 2. The molecule has 2 atom stereocenters. The molecule has 1 saturated carbocycles. The van der Waals surface area contributed by atoms with Crippen molar-refractivity contribution in [2.75, 3.05) is 17.3 Å². The molecule has 7 heteroatoms. The predicted molar refractivity (Wildman–Crippen MR) is 78.8 cm³/mol. The molecule has 0 spiro atoms. The molecule has 6 nitrogen and oxygen atoms in total. The summed E-state index contributed by atoms with van der Waals surface area (Å²) >= 11 is 3.44. The van der Waals surface area contributed by atoms with E-state index < -0.39 is 0 Å². The standard InChI is InChI=1S/C12H20BrN5O/c1-4-19-9-5-8(12(9,2)3)16-10-7(13)6-15-11(17-10)18-14/h6,8-9H,4-5,14H2,1-3H3,(H2,15,16,17,18). The van der Waals surface area contributed by atoms with Crippen LogP contribution >= 0.6 is 15.9 Å². The lowest BCUT2D eigenvalue weighted by Crippen LogP contribution is -2.58. The normalized spacial score (nSPS) is 24.7. The van der Waals surface area contributed by atoms with Crippen molar-refractivity contribution in [1.29, 1.82) is 0 Å². The van der Waals surface area contributed by atoms with E-state index in [0.717, 1.165) is 23.3 Å². The zero-order valence-corrected chi connectivity index (χ0v) is 13.0. The van der Waals surface area contributed by atoms with Crippen LogP contribution in [-0.2, 0) is 4.74 Å². The molecule has 0 aliphatic heterocycles. The van der Waals surface area contributed by atoms with E-state index in [9.17, 15) is 0 Å². The third-order valence-corrected chi connectivity index (χ3v) is 4.31. The minimum absolute atomic E-state index is 0.0801. The molecule has 1 aromatic rings. The first-order valence-corrected chi connectivity index (χ1v) is 7.15. The van der Waals surface area contributed by atoms with Crippen LogP contribution in [0.5, 0.6) is 0 Å². The first-order chi connectivity index (χ1) is 8.98. The van der Waals surface area contributed by atoms with Crippen molar-refractivity contribution in [2.45, 2.75) is 39.3 Å². The van der Waals surface area contributed by atoms with Crippen molar-refractivity contribution in [2.24, 2.45) is 11.3 Å². The summed E-state index contributed by atoms with van der Waals surface area (Å²) < 4.78 is 6.54. The number of aromatic nitrogens is 2. The van der Waals surface area contributed by atoms with Crippen LogP contribution in [0.2, 0.25) is 0 Å². The number of rotatable bonds is 5. The van der Waals surface area contributed by atoms with Gasteiger partial charge in [0.2, 0.25) is 5.95 Å². The van der Waals surface area contributed by atoms with Crippen molar-refractivity contribution in [3.8, 4) is 0 Å². The van der Waals surface area contributed by atoms with Crippen molar-refractivity contribution >= 4 is 27.7 Å². The van der Waals surface area contributed by atoms with Crippen LogP contribution in [0.25, 0.3) is 0 Å². The third kappa shape index (κ3) is 2.82. The Morgan fingerprint density at radius 3 is 2.89 bits per heavy atom. The monoisotopic (exact) mass is 329 g/mol. The minimum atomic E-state index is 0.0801. The zero-order chi connectivity index (χ0) is 14.0. The summed E-state index contributed by atoms with van der Waals surface area (Å²) in [5, 5.41) is 3.43. The number of halogens is 1. The molecule has 1 fully saturated rings. The highest BCUT2D eigenvalue weighted by atomic mass is 79.9. The van der Waals surface area contributed by atoms with E-state index in [-0.39, 0.29) is 5.41 Å². The fraction of sp³-hybridized carbons (Fsp3) is 0.667. The molecule has 19 heavy (non-hydrogen) atoms. The smallest absolute Gasteiger partial charge is 0.239 e. The lowest BCUT2D eigenvalue weighted by atomic mass is 9.64. The van der Waals surface area contributed by atoms with E-state index in [1.165, 1.54) is 0 Å². The highest BCUT2D eigenvalue weighted by molar-refractivity contribution is 9.10. The Morgan fingerprint density at radius 1 is 1.58 bits per heavy atom. The number of hydrogen-bond acceptors (Lipinski definition) is 6. The second-order valence-electron chi connectivity index (χ2n) is 5.23. The zero-order valence-electron chi connectivity index (χ0n) is 11.4. The van der Waals surface area contributed by atoms with Crippen LogP contribution in [0, 0.1) is 5.41 Å². The van der Waals surface area contributed by atoms with Crippen LogP contribution in [-0.4, -0.2) is 28.7 Å². The maximum absolute atomic E-state index is 5.72. The van der Waals surface area contributed by atoms with Gasteiger partial charge in [-0.1, -0.05) is 13.8 Å². The van der Waals surface area contributed by atoms with Gasteiger partial charge in [0.15, 0.2) is 0 Å². The molecule has 0 aromatic carbocycles. The van der Waals surface area contributed by atoms with E-state index in [2.05, 4.69) is 50.5 Å². The summed E-state index contributed by atoms with van der Waals surface area (Å²) in [6.07, 6.45) is 2.95. The molecule has 106 valence electrons. The van der Waals surface area contributed by atoms with Crippen LogP contribution in [0.4, 0.5) is 11.8 Å². The quantitative estimate of drug-likeness (QED) is 0.567. The summed E-state index contributed by atoms with van der Waals surface area (Å²) in [5.74, 6) is 6.46. The minimum Gasteiger partial charge on any atom is -0.378 e. The van der Waals surface area contributed by atoms with Crippen LogP contribution in [0.3, 0.4) is 0 Å². The topological polar surface area (TPSA) is 85.1 Å². The molecule has 2 unspecified atom stereocenters. The lowest BCUT2D eigenvalue weighted by molar-refractivity contribution is -0.0976. The van der Waals surface area contributed by atoms with Gasteiger partial charge in [-0.05, 0) is 29.3 Å². The molecule has 1 aliphatic carbocycles. The number of hydrogen-bond donors (Lipinski definition) is 3. The molecule has 0 radical (unpaired) electrons. The lowest BCUT2D eigenvalue weighted by Gasteiger charge is -2.51. The van der Waals surface area contributed by atoms with Gasteiger partial charge in [0.1, 0.15) is 5.82 Å². The first kappa shape index (κ1) is 14.5. The van der Waals surface area contributed by atoms with Gasteiger partial charge in [0.05, 0.1) is 10.6 Å². The van der Waals surface area contributed by atoms with E-state index in [0.29, 0.717) is 18.1 Å². The van der Waals surface area contributed by atoms with Gasteiger partial charge >= 0.3 is 0 Å². The summed E-state index contributed by atoms with van der Waals surface area (Å²) in [7, 11) is 0. The van der Waals surface area contributed by atoms with Gasteiger partial charge in [-0.2, -0.15) is 4.98 Å². The SMILES string of the molecule is CCOC1CC(Nc2nc(NN)ncc2Br)C1(C)C.